The average Bonchev–Trinajstić information content (AvgIpc) is 3.06. The second kappa shape index (κ2) is 19.3. The summed E-state index contributed by atoms with van der Waals surface area (Å²) in [6.45, 7) is -0.471. The Hall–Kier alpha value is -5.79. The first kappa shape index (κ1) is 40.4. The predicted molar refractivity (Wildman–Crippen MR) is 173 cm³/mol. The van der Waals surface area contributed by atoms with Crippen molar-refractivity contribution in [3.05, 3.63) is 59.7 Å². The molecule has 2 rings (SSSR count). The zero-order chi connectivity index (χ0) is 37.5. The molecule has 2 aromatic rings. The predicted octanol–water partition coefficient (Wildman–Crippen LogP) is -4.40. The Morgan fingerprint density at radius 2 is 1.12 bits per heavy atom. The maximum absolute atomic E-state index is 13.3. The van der Waals surface area contributed by atoms with Crippen LogP contribution >= 0.6 is 0 Å². The van der Waals surface area contributed by atoms with Gasteiger partial charge in [0.05, 0.1) is 25.7 Å². The summed E-state index contributed by atoms with van der Waals surface area (Å²) >= 11 is 0. The van der Waals surface area contributed by atoms with E-state index in [9.17, 15) is 59.1 Å². The molecule has 0 bridgehead atoms. The lowest BCUT2D eigenvalue weighted by Crippen LogP contribution is -2.59. The number of primary amides is 1. The Labute approximate surface area is 285 Å². The number of aliphatic hydroxyl groups excluding tert-OH is 2. The van der Waals surface area contributed by atoms with E-state index in [4.69, 9.17) is 11.5 Å². The molecule has 0 fully saturated rings. The van der Waals surface area contributed by atoms with Gasteiger partial charge < -0.3 is 63.6 Å². The number of phenolic OH excluding ortho intramolecular Hbond substituents is 2. The largest absolute Gasteiger partial charge is 0.508 e. The molecule has 0 saturated heterocycles. The molecule has 0 aliphatic carbocycles. The number of amides is 6. The molecule has 0 aliphatic rings. The van der Waals surface area contributed by atoms with Gasteiger partial charge in [-0.3, -0.25) is 28.8 Å². The number of aliphatic carboxylic acids is 1. The SMILES string of the molecule is C[C@@H](O)[C@H](N)C(=O)N[C@@H](CC(N)=O)C(=O)N[C@@H](Cc1ccc(O)cc1)C(=O)NCC(=O)N[C@@H](Cc1ccc(O)cc1)C(=O)N[C@@H](CO)C(=O)O. The molecule has 2 aromatic carbocycles. The molecular weight excluding hydrogens is 662 g/mol. The van der Waals surface area contributed by atoms with Gasteiger partial charge in [0.1, 0.15) is 41.7 Å². The number of benzene rings is 2. The van der Waals surface area contributed by atoms with E-state index in [-0.39, 0.29) is 24.3 Å². The van der Waals surface area contributed by atoms with Gasteiger partial charge in [-0.05, 0) is 42.3 Å². The topological polar surface area (TPSA) is 333 Å². The van der Waals surface area contributed by atoms with E-state index in [1.54, 1.807) is 0 Å². The maximum Gasteiger partial charge on any atom is 0.328 e. The first-order chi connectivity index (χ1) is 23.5. The first-order valence-corrected chi connectivity index (χ1v) is 15.1. The second-order valence-electron chi connectivity index (χ2n) is 11.2. The van der Waals surface area contributed by atoms with Crippen molar-refractivity contribution in [2.24, 2.45) is 11.5 Å². The highest BCUT2D eigenvalue weighted by Gasteiger charge is 2.31. The third-order valence-corrected chi connectivity index (χ3v) is 7.12. The van der Waals surface area contributed by atoms with Crippen LogP contribution in [0.4, 0.5) is 0 Å². The number of rotatable bonds is 19. The molecule has 6 atom stereocenters. The lowest BCUT2D eigenvalue weighted by molar-refractivity contribution is -0.143. The number of carboxylic acid groups (broad SMARTS) is 1. The van der Waals surface area contributed by atoms with Crippen molar-refractivity contribution in [2.75, 3.05) is 13.2 Å². The van der Waals surface area contributed by atoms with Crippen LogP contribution in [-0.4, -0.2) is 116 Å². The van der Waals surface area contributed by atoms with Crippen LogP contribution < -0.4 is 38.1 Å². The molecule has 14 N–H and O–H groups in total. The Kier molecular flexibility index (Phi) is 15.6. The van der Waals surface area contributed by atoms with Gasteiger partial charge in [0, 0.05) is 12.8 Å². The molecule has 0 spiro atoms. The highest BCUT2D eigenvalue weighted by molar-refractivity contribution is 5.97. The fourth-order valence-corrected chi connectivity index (χ4v) is 4.32. The maximum atomic E-state index is 13.3. The van der Waals surface area contributed by atoms with Crippen molar-refractivity contribution in [3.8, 4) is 11.5 Å². The molecule has 6 amide bonds. The zero-order valence-corrected chi connectivity index (χ0v) is 26.9. The van der Waals surface area contributed by atoms with Gasteiger partial charge in [-0.25, -0.2) is 4.79 Å². The van der Waals surface area contributed by atoms with Crippen molar-refractivity contribution < 1.29 is 59.1 Å². The number of nitrogens with one attached hydrogen (secondary N) is 5. The third kappa shape index (κ3) is 13.4. The summed E-state index contributed by atoms with van der Waals surface area (Å²) in [6.07, 6.45) is -2.42. The number of nitrogens with two attached hydrogens (primary N) is 2. The summed E-state index contributed by atoms with van der Waals surface area (Å²) in [6, 6.07) is 3.46. The van der Waals surface area contributed by atoms with Gasteiger partial charge >= 0.3 is 5.97 Å². The van der Waals surface area contributed by atoms with E-state index in [0.29, 0.717) is 11.1 Å². The van der Waals surface area contributed by atoms with Crippen molar-refractivity contribution in [1.82, 2.24) is 26.6 Å². The van der Waals surface area contributed by atoms with Gasteiger partial charge in [0.15, 0.2) is 0 Å². The molecular formula is C31H41N7O12. The number of hydrogen-bond acceptors (Lipinski definition) is 12. The van der Waals surface area contributed by atoms with Crippen molar-refractivity contribution in [3.63, 3.8) is 0 Å². The van der Waals surface area contributed by atoms with Gasteiger partial charge in [-0.1, -0.05) is 24.3 Å². The molecule has 19 nitrogen and oxygen atoms in total. The van der Waals surface area contributed by atoms with E-state index in [1.165, 1.54) is 55.5 Å². The fourth-order valence-electron chi connectivity index (χ4n) is 4.32. The second-order valence-corrected chi connectivity index (χ2v) is 11.2. The number of hydrogen-bond donors (Lipinski definition) is 12. The monoisotopic (exact) mass is 703 g/mol. The lowest BCUT2D eigenvalue weighted by atomic mass is 10.0. The van der Waals surface area contributed by atoms with Crippen molar-refractivity contribution >= 4 is 41.4 Å². The Balaban J connectivity index is 2.24. The number of carboxylic acids is 1. The third-order valence-electron chi connectivity index (χ3n) is 7.12. The van der Waals surface area contributed by atoms with E-state index >= 15 is 0 Å². The minimum atomic E-state index is -1.68. The molecule has 272 valence electrons. The number of carbonyl (C=O) groups excluding carboxylic acids is 6. The smallest absolute Gasteiger partial charge is 0.328 e. The summed E-state index contributed by atoms with van der Waals surface area (Å²) in [7, 11) is 0. The molecule has 0 aliphatic heterocycles. The summed E-state index contributed by atoms with van der Waals surface area (Å²) < 4.78 is 0. The average molecular weight is 704 g/mol. The standard InChI is InChI=1S/C31H41N7O12/c1-15(40)26(33)30(48)37-22(12-24(32)43)29(47)36-20(10-16-2-6-18(41)7-3-16)27(45)34-13-25(44)35-21(11-17-4-8-19(42)9-5-17)28(46)38-23(14-39)31(49)50/h2-9,15,20-23,26,39-42H,10-14,33H2,1H3,(H2,32,43)(H,34,45)(H,35,44)(H,36,47)(H,37,48)(H,38,46)(H,49,50)/t15-,20+,21+,22+,23+,26+/m1/s1. The molecule has 19 heteroatoms. The molecule has 0 unspecified atom stereocenters. The molecule has 50 heavy (non-hydrogen) atoms. The highest BCUT2D eigenvalue weighted by atomic mass is 16.4. The molecule has 0 aromatic heterocycles. The van der Waals surface area contributed by atoms with Crippen LogP contribution in [0.2, 0.25) is 0 Å². The van der Waals surface area contributed by atoms with Crippen LogP contribution in [0.5, 0.6) is 11.5 Å². The minimum absolute atomic E-state index is 0.0756. The quantitative estimate of drug-likeness (QED) is 0.0658. The highest BCUT2D eigenvalue weighted by Crippen LogP contribution is 2.13. The van der Waals surface area contributed by atoms with Crippen LogP contribution in [0, 0.1) is 0 Å². The normalized spacial score (nSPS) is 14.4. The molecule has 0 saturated carbocycles. The Morgan fingerprint density at radius 1 is 0.680 bits per heavy atom. The lowest BCUT2D eigenvalue weighted by Gasteiger charge is -2.24. The number of aromatic hydroxyl groups is 2. The zero-order valence-electron chi connectivity index (χ0n) is 26.9. The van der Waals surface area contributed by atoms with E-state index < -0.39 is 97.3 Å². The number of phenols is 2. The van der Waals surface area contributed by atoms with Gasteiger partial charge in [0.25, 0.3) is 0 Å². The summed E-state index contributed by atoms with van der Waals surface area (Å²) in [4.78, 5) is 87.9. The number of aliphatic hydroxyl groups is 2. The van der Waals surface area contributed by atoms with Crippen LogP contribution in [-0.2, 0) is 46.4 Å². The molecule has 0 heterocycles. The Morgan fingerprint density at radius 3 is 1.56 bits per heavy atom. The van der Waals surface area contributed by atoms with Crippen molar-refractivity contribution in [2.45, 2.75) is 62.5 Å². The summed E-state index contributed by atoms with van der Waals surface area (Å²) in [5.41, 5.74) is 11.7. The van der Waals surface area contributed by atoms with Crippen molar-refractivity contribution in [1.29, 1.82) is 0 Å². The van der Waals surface area contributed by atoms with E-state index in [2.05, 4.69) is 26.6 Å². The van der Waals surface area contributed by atoms with Crippen LogP contribution in [0.25, 0.3) is 0 Å². The van der Waals surface area contributed by atoms with Gasteiger partial charge in [0.2, 0.25) is 35.4 Å². The fraction of sp³-hybridized carbons (Fsp3) is 0.387. The van der Waals surface area contributed by atoms with Crippen LogP contribution in [0.15, 0.2) is 48.5 Å². The Bertz CT molecular complexity index is 1520. The van der Waals surface area contributed by atoms with Crippen LogP contribution in [0.1, 0.15) is 24.5 Å². The van der Waals surface area contributed by atoms with Gasteiger partial charge in [-0.15, -0.1) is 0 Å². The van der Waals surface area contributed by atoms with Crippen LogP contribution in [0.3, 0.4) is 0 Å². The first-order valence-electron chi connectivity index (χ1n) is 15.1. The summed E-state index contributed by atoms with van der Waals surface area (Å²) in [5, 5.41) is 58.7. The minimum Gasteiger partial charge on any atom is -0.508 e. The van der Waals surface area contributed by atoms with Gasteiger partial charge in [-0.2, -0.15) is 0 Å². The molecule has 0 radical (unpaired) electrons. The van der Waals surface area contributed by atoms with E-state index in [0.717, 1.165) is 0 Å². The van der Waals surface area contributed by atoms with E-state index in [1.807, 2.05) is 0 Å². The summed E-state index contributed by atoms with van der Waals surface area (Å²) in [5.74, 6) is -7.56. The number of carbonyl (C=O) groups is 7.